The van der Waals surface area contributed by atoms with Crippen LogP contribution in [0.2, 0.25) is 0 Å². The van der Waals surface area contributed by atoms with Crippen molar-refractivity contribution in [3.63, 3.8) is 0 Å². The van der Waals surface area contributed by atoms with Crippen LogP contribution in [0, 0.1) is 0 Å². The maximum absolute atomic E-state index is 12.2. The fourth-order valence-electron chi connectivity index (χ4n) is 2.93. The number of aromatic nitrogens is 3. The molecule has 0 amide bonds. The van der Waals surface area contributed by atoms with Gasteiger partial charge < -0.3 is 14.6 Å². The molecule has 2 aromatic heterocycles. The first-order valence-electron chi connectivity index (χ1n) is 8.40. The molecular formula is C17H21F3N4O. The molecule has 0 atom stereocenters. The average Bonchev–Trinajstić information content (AvgIpc) is 2.80. The highest BCUT2D eigenvalue weighted by molar-refractivity contribution is 5.20. The smallest absolute Gasteiger partial charge is 0.422 e. The number of hydrogen-bond donors (Lipinski definition) is 1. The van der Waals surface area contributed by atoms with E-state index in [4.69, 9.17) is 0 Å². The van der Waals surface area contributed by atoms with E-state index in [1.165, 1.54) is 31.5 Å². The van der Waals surface area contributed by atoms with Crippen LogP contribution in [0.1, 0.15) is 36.3 Å². The van der Waals surface area contributed by atoms with Crippen molar-refractivity contribution in [3.05, 3.63) is 41.6 Å². The molecule has 25 heavy (non-hydrogen) atoms. The second-order valence-corrected chi connectivity index (χ2v) is 6.14. The fourth-order valence-corrected chi connectivity index (χ4v) is 2.93. The number of nitrogens with zero attached hydrogens (tertiary/aromatic N) is 3. The SMILES string of the molecule is FC(F)(F)COc1cc(CNCc2cnc3n2CCCCC3)ccn1. The molecule has 0 unspecified atom stereocenters. The molecule has 1 aliphatic heterocycles. The number of nitrogens with one attached hydrogen (secondary N) is 1. The van der Waals surface area contributed by atoms with Crippen molar-refractivity contribution in [1.29, 1.82) is 0 Å². The zero-order valence-electron chi connectivity index (χ0n) is 13.9. The molecule has 0 bridgehead atoms. The van der Waals surface area contributed by atoms with Crippen LogP contribution in [0.15, 0.2) is 24.5 Å². The minimum atomic E-state index is -4.37. The van der Waals surface area contributed by atoms with Crippen LogP contribution in [0.25, 0.3) is 0 Å². The zero-order chi connectivity index (χ0) is 17.7. The molecule has 136 valence electrons. The summed E-state index contributed by atoms with van der Waals surface area (Å²) in [7, 11) is 0. The summed E-state index contributed by atoms with van der Waals surface area (Å²) in [4.78, 5) is 8.29. The summed E-state index contributed by atoms with van der Waals surface area (Å²) in [5.41, 5.74) is 1.96. The molecule has 0 aliphatic carbocycles. The molecule has 1 aliphatic rings. The first kappa shape index (κ1) is 17.7. The van der Waals surface area contributed by atoms with Gasteiger partial charge in [-0.3, -0.25) is 0 Å². The molecule has 2 aromatic rings. The molecule has 0 fully saturated rings. The van der Waals surface area contributed by atoms with E-state index in [0.29, 0.717) is 13.1 Å². The maximum atomic E-state index is 12.2. The Balaban J connectivity index is 1.53. The highest BCUT2D eigenvalue weighted by Crippen LogP contribution is 2.18. The predicted molar refractivity (Wildman–Crippen MR) is 86.1 cm³/mol. The van der Waals surface area contributed by atoms with Crippen LogP contribution < -0.4 is 10.1 Å². The van der Waals surface area contributed by atoms with Crippen molar-refractivity contribution < 1.29 is 17.9 Å². The third kappa shape index (κ3) is 5.19. The lowest BCUT2D eigenvalue weighted by atomic mass is 10.2. The number of ether oxygens (including phenoxy) is 1. The van der Waals surface area contributed by atoms with Gasteiger partial charge in [-0.1, -0.05) is 6.42 Å². The monoisotopic (exact) mass is 354 g/mol. The number of fused-ring (bicyclic) bond motifs is 1. The lowest BCUT2D eigenvalue weighted by Crippen LogP contribution is -2.20. The van der Waals surface area contributed by atoms with E-state index in [1.807, 2.05) is 6.20 Å². The number of alkyl halides is 3. The largest absolute Gasteiger partial charge is 0.468 e. The Morgan fingerprint density at radius 2 is 2.04 bits per heavy atom. The van der Waals surface area contributed by atoms with E-state index < -0.39 is 12.8 Å². The van der Waals surface area contributed by atoms with Gasteiger partial charge in [0.1, 0.15) is 5.82 Å². The van der Waals surface area contributed by atoms with Crippen molar-refractivity contribution in [2.45, 2.75) is 51.5 Å². The Hall–Kier alpha value is -2.09. The molecular weight excluding hydrogens is 333 g/mol. The van der Waals surface area contributed by atoms with Gasteiger partial charge in [0.15, 0.2) is 6.61 Å². The van der Waals surface area contributed by atoms with Gasteiger partial charge in [0, 0.05) is 44.5 Å². The lowest BCUT2D eigenvalue weighted by molar-refractivity contribution is -0.154. The van der Waals surface area contributed by atoms with Crippen molar-refractivity contribution >= 4 is 0 Å². The lowest BCUT2D eigenvalue weighted by Gasteiger charge is -2.11. The summed E-state index contributed by atoms with van der Waals surface area (Å²) in [5.74, 6) is 1.12. The predicted octanol–water partition coefficient (Wildman–Crippen LogP) is 3.24. The number of hydrogen-bond acceptors (Lipinski definition) is 4. The van der Waals surface area contributed by atoms with Gasteiger partial charge in [-0.25, -0.2) is 9.97 Å². The van der Waals surface area contributed by atoms with Gasteiger partial charge in [0.05, 0.1) is 5.69 Å². The standard InChI is InChI=1S/C17H21F3N4O/c18-17(19,20)12-25-16-8-13(5-6-22-16)9-21-10-14-11-23-15-4-2-1-3-7-24(14)15/h5-6,8,11,21H,1-4,7,9-10,12H2. The maximum Gasteiger partial charge on any atom is 0.422 e. The van der Waals surface area contributed by atoms with Gasteiger partial charge >= 0.3 is 6.18 Å². The summed E-state index contributed by atoms with van der Waals surface area (Å²) in [5, 5.41) is 3.31. The third-order valence-electron chi connectivity index (χ3n) is 4.12. The summed E-state index contributed by atoms with van der Waals surface area (Å²) in [6.07, 6.45) is 3.59. The fraction of sp³-hybridized carbons (Fsp3) is 0.529. The van der Waals surface area contributed by atoms with Crippen molar-refractivity contribution in [1.82, 2.24) is 19.9 Å². The Bertz CT molecular complexity index is 699. The number of imidazole rings is 1. The normalized spacial score (nSPS) is 14.8. The third-order valence-corrected chi connectivity index (χ3v) is 4.12. The van der Waals surface area contributed by atoms with E-state index in [2.05, 4.69) is 24.6 Å². The van der Waals surface area contributed by atoms with E-state index in [-0.39, 0.29) is 5.88 Å². The molecule has 0 radical (unpaired) electrons. The summed E-state index contributed by atoms with van der Waals surface area (Å²) < 4.78 is 43.5. The van der Waals surface area contributed by atoms with E-state index in [0.717, 1.165) is 30.0 Å². The molecule has 0 aromatic carbocycles. The first-order chi connectivity index (χ1) is 12.0. The van der Waals surface area contributed by atoms with Gasteiger partial charge in [-0.15, -0.1) is 0 Å². The number of aryl methyl sites for hydroxylation is 1. The summed E-state index contributed by atoms with van der Waals surface area (Å²) in [6.45, 7) is 0.843. The molecule has 1 N–H and O–H groups in total. The molecule has 8 heteroatoms. The first-order valence-corrected chi connectivity index (χ1v) is 8.40. The quantitative estimate of drug-likeness (QED) is 0.865. The summed E-state index contributed by atoms with van der Waals surface area (Å²) >= 11 is 0. The van der Waals surface area contributed by atoms with E-state index >= 15 is 0 Å². The van der Waals surface area contributed by atoms with Crippen LogP contribution in [0.5, 0.6) is 5.88 Å². The van der Waals surface area contributed by atoms with Crippen molar-refractivity contribution in [2.24, 2.45) is 0 Å². The number of rotatable bonds is 6. The topological polar surface area (TPSA) is 52.0 Å². The zero-order valence-corrected chi connectivity index (χ0v) is 13.9. The van der Waals surface area contributed by atoms with Crippen molar-refractivity contribution in [3.8, 4) is 5.88 Å². The summed E-state index contributed by atoms with van der Waals surface area (Å²) in [6, 6.07) is 3.28. The Labute approximate surface area is 144 Å². The van der Waals surface area contributed by atoms with Crippen LogP contribution in [-0.2, 0) is 26.1 Å². The minimum absolute atomic E-state index is 0.0187. The number of pyridine rings is 1. The van der Waals surface area contributed by atoms with Gasteiger partial charge in [-0.05, 0) is 24.5 Å². The van der Waals surface area contributed by atoms with E-state index in [1.54, 1.807) is 6.07 Å². The van der Waals surface area contributed by atoms with E-state index in [9.17, 15) is 13.2 Å². The second kappa shape index (κ2) is 7.86. The molecule has 0 saturated carbocycles. The number of halogens is 3. The minimum Gasteiger partial charge on any atom is -0.468 e. The van der Waals surface area contributed by atoms with Gasteiger partial charge in [-0.2, -0.15) is 13.2 Å². The van der Waals surface area contributed by atoms with Gasteiger partial charge in [0.25, 0.3) is 0 Å². The molecule has 0 spiro atoms. The second-order valence-electron chi connectivity index (χ2n) is 6.14. The highest BCUT2D eigenvalue weighted by Gasteiger charge is 2.28. The molecule has 3 rings (SSSR count). The highest BCUT2D eigenvalue weighted by atomic mass is 19.4. The average molecular weight is 354 g/mol. The van der Waals surface area contributed by atoms with Crippen LogP contribution in [0.4, 0.5) is 13.2 Å². The van der Waals surface area contributed by atoms with Crippen LogP contribution in [-0.4, -0.2) is 27.3 Å². The Morgan fingerprint density at radius 1 is 1.16 bits per heavy atom. The molecule has 5 nitrogen and oxygen atoms in total. The Kier molecular flexibility index (Phi) is 5.57. The Morgan fingerprint density at radius 3 is 2.88 bits per heavy atom. The molecule has 3 heterocycles. The molecule has 0 saturated heterocycles. The van der Waals surface area contributed by atoms with Crippen LogP contribution in [0.3, 0.4) is 0 Å². The van der Waals surface area contributed by atoms with Gasteiger partial charge in [0.2, 0.25) is 5.88 Å². The van der Waals surface area contributed by atoms with Crippen LogP contribution >= 0.6 is 0 Å². The van der Waals surface area contributed by atoms with Crippen molar-refractivity contribution in [2.75, 3.05) is 6.61 Å².